The van der Waals surface area contributed by atoms with Gasteiger partial charge in [-0.3, -0.25) is 19.3 Å². The highest BCUT2D eigenvalue weighted by Gasteiger charge is 2.25. The number of anilines is 1. The SMILES string of the molecule is CC[C@@H](O)Cn1c(C)c(C(=O)Nc2ccc(Cc3ccnc4cc(OC)ccc34)c(F)c2)c(=O)n1-c1ccccc1. The molecule has 9 heteroatoms. The van der Waals surface area contributed by atoms with Crippen molar-refractivity contribution in [3.05, 3.63) is 118 Å². The molecule has 8 nitrogen and oxygen atoms in total. The second-order valence-corrected chi connectivity index (χ2v) is 9.85. The van der Waals surface area contributed by atoms with E-state index in [-0.39, 0.29) is 17.8 Å². The number of carbonyl (C=O) groups is 1. The van der Waals surface area contributed by atoms with E-state index in [1.54, 1.807) is 61.3 Å². The fourth-order valence-electron chi connectivity index (χ4n) is 4.92. The highest BCUT2D eigenvalue weighted by atomic mass is 19.1. The summed E-state index contributed by atoms with van der Waals surface area (Å²) in [5.74, 6) is -0.442. The van der Waals surface area contributed by atoms with E-state index in [4.69, 9.17) is 4.74 Å². The standard InChI is InChI=1S/C32H31FN4O4/c1-4-25(38)19-36-20(2)30(32(40)37(36)24-8-6-5-7-9-24)31(39)35-23-11-10-22(28(33)17-23)16-21-14-15-34-29-18-26(41-3)12-13-27(21)29/h5-15,17-18,25,38H,4,16,19H2,1-3H3,(H,35,39)/t25-/m1/s1. The van der Waals surface area contributed by atoms with Gasteiger partial charge in [-0.15, -0.1) is 0 Å². The number of hydrogen-bond acceptors (Lipinski definition) is 5. The summed E-state index contributed by atoms with van der Waals surface area (Å²) in [6.45, 7) is 3.64. The molecule has 0 aliphatic carbocycles. The van der Waals surface area contributed by atoms with Crippen LogP contribution in [0.25, 0.3) is 16.6 Å². The lowest BCUT2D eigenvalue weighted by molar-refractivity contribution is 0.102. The van der Waals surface area contributed by atoms with Gasteiger partial charge in [0.15, 0.2) is 0 Å². The molecule has 210 valence electrons. The normalized spacial score (nSPS) is 11.9. The van der Waals surface area contributed by atoms with Gasteiger partial charge in [-0.05, 0) is 66.9 Å². The van der Waals surface area contributed by atoms with Gasteiger partial charge in [0.25, 0.3) is 11.5 Å². The summed E-state index contributed by atoms with van der Waals surface area (Å²) in [5.41, 5.74) is 2.72. The number of nitrogens with one attached hydrogen (secondary N) is 1. The molecule has 0 saturated carbocycles. The van der Waals surface area contributed by atoms with Crippen LogP contribution in [0.3, 0.4) is 0 Å². The number of benzene rings is 3. The van der Waals surface area contributed by atoms with Crippen molar-refractivity contribution in [2.45, 2.75) is 39.3 Å². The zero-order chi connectivity index (χ0) is 29.1. The van der Waals surface area contributed by atoms with Crippen LogP contribution in [0.15, 0.2) is 83.8 Å². The number of aliphatic hydroxyl groups excluding tert-OH is 1. The van der Waals surface area contributed by atoms with E-state index >= 15 is 4.39 Å². The summed E-state index contributed by atoms with van der Waals surface area (Å²) in [5, 5.41) is 13.9. The van der Waals surface area contributed by atoms with Crippen LogP contribution in [0.4, 0.5) is 10.1 Å². The van der Waals surface area contributed by atoms with Crippen molar-refractivity contribution >= 4 is 22.5 Å². The Bertz CT molecular complexity index is 1780. The van der Waals surface area contributed by atoms with Gasteiger partial charge < -0.3 is 15.2 Å². The smallest absolute Gasteiger partial charge is 0.284 e. The number of aromatic nitrogens is 3. The molecular weight excluding hydrogens is 523 g/mol. The first-order chi connectivity index (χ1) is 19.8. The third-order valence-electron chi connectivity index (χ3n) is 7.21. The van der Waals surface area contributed by atoms with E-state index < -0.39 is 23.4 Å². The maximum atomic E-state index is 15.3. The number of para-hydroxylation sites is 1. The van der Waals surface area contributed by atoms with Crippen LogP contribution < -0.4 is 15.6 Å². The number of rotatable bonds is 9. The predicted molar refractivity (Wildman–Crippen MR) is 157 cm³/mol. The minimum Gasteiger partial charge on any atom is -0.497 e. The van der Waals surface area contributed by atoms with Gasteiger partial charge >= 0.3 is 0 Å². The monoisotopic (exact) mass is 554 g/mol. The highest BCUT2D eigenvalue weighted by molar-refractivity contribution is 6.05. The Morgan fingerprint density at radius 1 is 1.07 bits per heavy atom. The number of fused-ring (bicyclic) bond motifs is 1. The summed E-state index contributed by atoms with van der Waals surface area (Å²) in [6.07, 6.45) is 1.79. The molecule has 5 aromatic rings. The lowest BCUT2D eigenvalue weighted by atomic mass is 10.0. The zero-order valence-electron chi connectivity index (χ0n) is 23.1. The zero-order valence-corrected chi connectivity index (χ0v) is 23.1. The Labute approximate surface area is 236 Å². The Morgan fingerprint density at radius 2 is 1.85 bits per heavy atom. The molecule has 0 aliphatic heterocycles. The summed E-state index contributed by atoms with van der Waals surface area (Å²) < 4.78 is 23.5. The molecule has 2 aromatic heterocycles. The molecule has 5 rings (SSSR count). The van der Waals surface area contributed by atoms with Crippen LogP contribution >= 0.6 is 0 Å². The second-order valence-electron chi connectivity index (χ2n) is 9.85. The number of carbonyl (C=O) groups excluding carboxylic acids is 1. The number of pyridine rings is 1. The first kappa shape index (κ1) is 27.8. The molecule has 0 saturated heterocycles. The topological polar surface area (TPSA) is 98.4 Å². The third-order valence-corrected chi connectivity index (χ3v) is 7.21. The molecule has 1 atom stereocenters. The number of amides is 1. The molecule has 3 aromatic carbocycles. The molecule has 41 heavy (non-hydrogen) atoms. The summed E-state index contributed by atoms with van der Waals surface area (Å²) in [4.78, 5) is 31.2. The molecule has 0 fully saturated rings. The first-order valence-electron chi connectivity index (χ1n) is 13.4. The molecule has 0 bridgehead atoms. The van der Waals surface area contributed by atoms with Crippen LogP contribution in [0, 0.1) is 12.7 Å². The van der Waals surface area contributed by atoms with Gasteiger partial charge in [0.1, 0.15) is 17.1 Å². The third kappa shape index (κ3) is 5.62. The van der Waals surface area contributed by atoms with Gasteiger partial charge in [0.2, 0.25) is 0 Å². The number of aliphatic hydroxyl groups is 1. The van der Waals surface area contributed by atoms with Gasteiger partial charge in [0, 0.05) is 29.8 Å². The summed E-state index contributed by atoms with van der Waals surface area (Å²) >= 11 is 0. The van der Waals surface area contributed by atoms with E-state index in [9.17, 15) is 14.7 Å². The molecule has 2 N–H and O–H groups in total. The largest absolute Gasteiger partial charge is 0.497 e. The van der Waals surface area contributed by atoms with Crippen molar-refractivity contribution in [2.75, 3.05) is 12.4 Å². The maximum Gasteiger partial charge on any atom is 0.284 e. The molecule has 0 aliphatic rings. The van der Waals surface area contributed by atoms with Crippen molar-refractivity contribution in [2.24, 2.45) is 0 Å². The number of methoxy groups -OCH3 is 1. The summed E-state index contributed by atoms with van der Waals surface area (Å²) in [7, 11) is 1.59. The fraction of sp³-hybridized carbons (Fsp3) is 0.219. The van der Waals surface area contributed by atoms with Crippen LogP contribution in [0.2, 0.25) is 0 Å². The Balaban J connectivity index is 1.42. The average Bonchev–Trinajstić information content (AvgIpc) is 3.22. The fourth-order valence-corrected chi connectivity index (χ4v) is 4.92. The maximum absolute atomic E-state index is 15.3. The summed E-state index contributed by atoms with van der Waals surface area (Å²) in [6, 6.07) is 20.8. The van der Waals surface area contributed by atoms with Gasteiger partial charge in [0.05, 0.1) is 36.7 Å². The molecule has 0 spiro atoms. The quantitative estimate of drug-likeness (QED) is 0.259. The minimum atomic E-state index is -0.701. The van der Waals surface area contributed by atoms with Crippen LogP contribution in [0.5, 0.6) is 5.75 Å². The Morgan fingerprint density at radius 3 is 2.56 bits per heavy atom. The number of hydrogen-bond donors (Lipinski definition) is 2. The number of ether oxygens (including phenoxy) is 1. The van der Waals surface area contributed by atoms with Crippen LogP contribution in [-0.4, -0.2) is 38.6 Å². The second kappa shape index (κ2) is 11.8. The average molecular weight is 555 g/mol. The lowest BCUT2D eigenvalue weighted by Crippen LogP contribution is -2.27. The minimum absolute atomic E-state index is 0.0691. The molecule has 0 unspecified atom stereocenters. The highest BCUT2D eigenvalue weighted by Crippen LogP contribution is 2.26. The van der Waals surface area contributed by atoms with E-state index in [0.717, 1.165) is 16.5 Å². The van der Waals surface area contributed by atoms with Crippen molar-refractivity contribution in [3.63, 3.8) is 0 Å². The molecular formula is C32H31FN4O4. The first-order valence-corrected chi connectivity index (χ1v) is 13.4. The molecule has 0 radical (unpaired) electrons. The van der Waals surface area contributed by atoms with E-state index in [2.05, 4.69) is 10.3 Å². The van der Waals surface area contributed by atoms with Gasteiger partial charge in [-0.2, -0.15) is 0 Å². The van der Waals surface area contributed by atoms with Crippen molar-refractivity contribution in [1.82, 2.24) is 14.3 Å². The van der Waals surface area contributed by atoms with E-state index in [1.807, 2.05) is 37.3 Å². The molecule has 2 heterocycles. The van der Waals surface area contributed by atoms with E-state index in [0.29, 0.717) is 35.5 Å². The molecule has 1 amide bonds. The van der Waals surface area contributed by atoms with Gasteiger partial charge in [-0.1, -0.05) is 31.2 Å². The Hall–Kier alpha value is -4.76. The predicted octanol–water partition coefficient (Wildman–Crippen LogP) is 5.26. The van der Waals surface area contributed by atoms with Crippen molar-refractivity contribution in [3.8, 4) is 11.4 Å². The lowest BCUT2D eigenvalue weighted by Gasteiger charge is -2.16. The number of nitrogens with zero attached hydrogens (tertiary/aromatic N) is 3. The van der Waals surface area contributed by atoms with Crippen molar-refractivity contribution < 1.29 is 19.0 Å². The van der Waals surface area contributed by atoms with E-state index in [1.165, 1.54) is 10.7 Å². The van der Waals surface area contributed by atoms with Gasteiger partial charge in [-0.25, -0.2) is 9.07 Å². The van der Waals surface area contributed by atoms with Crippen molar-refractivity contribution in [1.29, 1.82) is 0 Å². The number of halogens is 1. The van der Waals surface area contributed by atoms with Crippen LogP contribution in [0.1, 0.15) is 40.5 Å². The van der Waals surface area contributed by atoms with Crippen LogP contribution in [-0.2, 0) is 13.0 Å². The Kier molecular flexibility index (Phi) is 7.98.